The minimum Gasteiger partial charge on any atom is -0.370 e. The number of anilines is 3. The minimum absolute atomic E-state index is 0.748. The zero-order valence-corrected chi connectivity index (χ0v) is 12.8. The molecule has 0 amide bonds. The highest BCUT2D eigenvalue weighted by atomic mass is 15.3. The van der Waals surface area contributed by atoms with Crippen LogP contribution in [0, 0.1) is 20.8 Å². The van der Waals surface area contributed by atoms with Gasteiger partial charge in [0.25, 0.3) is 0 Å². The van der Waals surface area contributed by atoms with Crippen LogP contribution in [-0.2, 0) is 7.05 Å². The number of aromatic nitrogens is 4. The molecule has 0 saturated carbocycles. The third-order valence-corrected chi connectivity index (χ3v) is 3.07. The highest BCUT2D eigenvalue weighted by Gasteiger charge is 2.11. The number of rotatable bonds is 5. The van der Waals surface area contributed by atoms with Gasteiger partial charge >= 0.3 is 0 Å². The van der Waals surface area contributed by atoms with Crippen molar-refractivity contribution in [3.05, 3.63) is 23.3 Å². The fourth-order valence-electron chi connectivity index (χ4n) is 2.02. The minimum atomic E-state index is 0.748. The first-order valence-electron chi connectivity index (χ1n) is 6.87. The van der Waals surface area contributed by atoms with Crippen molar-refractivity contribution in [3.8, 4) is 0 Å². The quantitative estimate of drug-likeness (QED) is 0.877. The first-order chi connectivity index (χ1) is 9.51. The van der Waals surface area contributed by atoms with E-state index < -0.39 is 0 Å². The zero-order chi connectivity index (χ0) is 14.7. The summed E-state index contributed by atoms with van der Waals surface area (Å²) in [4.78, 5) is 8.94. The molecule has 2 heterocycles. The summed E-state index contributed by atoms with van der Waals surface area (Å²) in [5.74, 6) is 2.47. The number of aryl methyl sites for hydroxylation is 3. The van der Waals surface area contributed by atoms with Gasteiger partial charge in [0.2, 0.25) is 0 Å². The van der Waals surface area contributed by atoms with Gasteiger partial charge in [-0.2, -0.15) is 5.10 Å². The smallest absolute Gasteiger partial charge is 0.139 e. The lowest BCUT2D eigenvalue weighted by molar-refractivity contribution is 0.756. The van der Waals surface area contributed by atoms with E-state index in [0.717, 1.165) is 47.4 Å². The Hall–Kier alpha value is -2.11. The highest BCUT2D eigenvalue weighted by Crippen LogP contribution is 2.24. The molecule has 0 unspecified atom stereocenters. The maximum absolute atomic E-state index is 4.49. The zero-order valence-electron chi connectivity index (χ0n) is 12.8. The van der Waals surface area contributed by atoms with Gasteiger partial charge in [-0.3, -0.25) is 4.68 Å². The summed E-state index contributed by atoms with van der Waals surface area (Å²) in [6, 6.07) is 0. The lowest BCUT2D eigenvalue weighted by atomic mass is 10.2. The Morgan fingerprint density at radius 3 is 2.45 bits per heavy atom. The van der Waals surface area contributed by atoms with Gasteiger partial charge in [-0.1, -0.05) is 6.92 Å². The fraction of sp³-hybridized carbons (Fsp3) is 0.500. The summed E-state index contributed by atoms with van der Waals surface area (Å²) in [6.07, 6.45) is 3.01. The number of nitrogens with zero attached hydrogens (tertiary/aromatic N) is 4. The van der Waals surface area contributed by atoms with E-state index in [4.69, 9.17) is 0 Å². The molecule has 6 heteroatoms. The van der Waals surface area contributed by atoms with E-state index in [1.807, 2.05) is 34.0 Å². The van der Waals surface area contributed by atoms with Crippen molar-refractivity contribution in [2.75, 3.05) is 17.2 Å². The van der Waals surface area contributed by atoms with E-state index in [1.54, 1.807) is 4.68 Å². The summed E-state index contributed by atoms with van der Waals surface area (Å²) < 4.78 is 1.79. The van der Waals surface area contributed by atoms with Gasteiger partial charge in [0.05, 0.1) is 11.4 Å². The second-order valence-electron chi connectivity index (χ2n) is 4.95. The summed E-state index contributed by atoms with van der Waals surface area (Å²) >= 11 is 0. The van der Waals surface area contributed by atoms with Crippen LogP contribution in [-0.4, -0.2) is 26.3 Å². The number of hydrogen-bond acceptors (Lipinski definition) is 5. The third kappa shape index (κ3) is 3.07. The van der Waals surface area contributed by atoms with Gasteiger partial charge in [-0.15, -0.1) is 0 Å². The molecule has 6 nitrogen and oxygen atoms in total. The molecule has 108 valence electrons. The highest BCUT2D eigenvalue weighted by molar-refractivity contribution is 5.65. The Balaban J connectivity index is 2.31. The van der Waals surface area contributed by atoms with Crippen molar-refractivity contribution in [1.29, 1.82) is 0 Å². The van der Waals surface area contributed by atoms with E-state index >= 15 is 0 Å². The maximum Gasteiger partial charge on any atom is 0.139 e. The largest absolute Gasteiger partial charge is 0.370 e. The van der Waals surface area contributed by atoms with Crippen molar-refractivity contribution >= 4 is 17.3 Å². The van der Waals surface area contributed by atoms with Gasteiger partial charge in [0.1, 0.15) is 17.5 Å². The van der Waals surface area contributed by atoms with Gasteiger partial charge in [0, 0.05) is 25.4 Å². The van der Waals surface area contributed by atoms with Gasteiger partial charge in [-0.25, -0.2) is 9.97 Å². The van der Waals surface area contributed by atoms with Crippen LogP contribution in [0.25, 0.3) is 0 Å². The first-order valence-corrected chi connectivity index (χ1v) is 6.87. The van der Waals surface area contributed by atoms with Gasteiger partial charge < -0.3 is 10.6 Å². The Labute approximate surface area is 119 Å². The Morgan fingerprint density at radius 1 is 1.15 bits per heavy atom. The van der Waals surface area contributed by atoms with Crippen LogP contribution < -0.4 is 10.6 Å². The van der Waals surface area contributed by atoms with Crippen LogP contribution in [0.1, 0.15) is 30.4 Å². The first kappa shape index (κ1) is 14.3. The van der Waals surface area contributed by atoms with Crippen molar-refractivity contribution in [2.45, 2.75) is 34.1 Å². The van der Waals surface area contributed by atoms with E-state index in [-0.39, 0.29) is 0 Å². The standard InChI is InChI=1S/C14H22N6/c1-6-7-15-13-9(2)14(17-11(4)16-13)18-12-8-20(5)19-10(12)3/h8H,6-7H2,1-5H3,(H2,15,16,17,18). The molecule has 0 saturated heterocycles. The predicted octanol–water partition coefficient (Wildman–Crippen LogP) is 2.70. The molecular weight excluding hydrogens is 252 g/mol. The van der Waals surface area contributed by atoms with Crippen LogP contribution in [0.2, 0.25) is 0 Å². The van der Waals surface area contributed by atoms with Crippen molar-refractivity contribution < 1.29 is 0 Å². The lowest BCUT2D eigenvalue weighted by Gasteiger charge is -2.13. The topological polar surface area (TPSA) is 67.7 Å². The average molecular weight is 274 g/mol. The number of hydrogen-bond donors (Lipinski definition) is 2. The summed E-state index contributed by atoms with van der Waals surface area (Å²) in [5, 5.41) is 11.0. The molecule has 2 N–H and O–H groups in total. The van der Waals surface area contributed by atoms with Gasteiger partial charge in [-0.05, 0) is 27.2 Å². The van der Waals surface area contributed by atoms with E-state index in [1.165, 1.54) is 0 Å². The second-order valence-corrected chi connectivity index (χ2v) is 4.95. The van der Waals surface area contributed by atoms with E-state index in [0.29, 0.717) is 0 Å². The van der Waals surface area contributed by atoms with Crippen molar-refractivity contribution in [1.82, 2.24) is 19.7 Å². The molecule has 0 aliphatic carbocycles. The Bertz CT molecular complexity index is 602. The lowest BCUT2D eigenvalue weighted by Crippen LogP contribution is -2.09. The Morgan fingerprint density at radius 2 is 1.85 bits per heavy atom. The molecule has 20 heavy (non-hydrogen) atoms. The van der Waals surface area contributed by atoms with Crippen LogP contribution in [0.3, 0.4) is 0 Å². The molecule has 0 aliphatic heterocycles. The molecule has 0 aromatic carbocycles. The molecule has 0 atom stereocenters. The summed E-state index contributed by atoms with van der Waals surface area (Å²) in [5.41, 5.74) is 2.94. The summed E-state index contributed by atoms with van der Waals surface area (Å²) in [6.45, 7) is 8.93. The molecule has 0 aliphatic rings. The Kier molecular flexibility index (Phi) is 4.22. The molecule has 2 aromatic heterocycles. The fourth-order valence-corrected chi connectivity index (χ4v) is 2.02. The van der Waals surface area contributed by atoms with Crippen LogP contribution >= 0.6 is 0 Å². The monoisotopic (exact) mass is 274 g/mol. The second kappa shape index (κ2) is 5.90. The normalized spacial score (nSPS) is 10.7. The van der Waals surface area contributed by atoms with Gasteiger partial charge in [0.15, 0.2) is 0 Å². The van der Waals surface area contributed by atoms with Crippen molar-refractivity contribution in [2.24, 2.45) is 7.05 Å². The number of nitrogens with one attached hydrogen (secondary N) is 2. The maximum atomic E-state index is 4.49. The average Bonchev–Trinajstić information content (AvgIpc) is 2.70. The molecule has 0 bridgehead atoms. The summed E-state index contributed by atoms with van der Waals surface area (Å²) in [7, 11) is 1.91. The van der Waals surface area contributed by atoms with E-state index in [9.17, 15) is 0 Å². The van der Waals surface area contributed by atoms with Crippen LogP contribution in [0.5, 0.6) is 0 Å². The molecule has 0 radical (unpaired) electrons. The molecule has 0 spiro atoms. The molecule has 2 rings (SSSR count). The van der Waals surface area contributed by atoms with E-state index in [2.05, 4.69) is 32.6 Å². The molecule has 0 fully saturated rings. The molecular formula is C14H22N6. The van der Waals surface area contributed by atoms with Crippen LogP contribution in [0.15, 0.2) is 6.20 Å². The third-order valence-electron chi connectivity index (χ3n) is 3.07. The SMILES string of the molecule is CCCNc1nc(C)nc(Nc2cn(C)nc2C)c1C. The molecule has 2 aromatic rings. The van der Waals surface area contributed by atoms with Crippen LogP contribution in [0.4, 0.5) is 17.3 Å². The predicted molar refractivity (Wildman–Crippen MR) is 81.5 cm³/mol. The van der Waals surface area contributed by atoms with Crippen molar-refractivity contribution in [3.63, 3.8) is 0 Å².